The van der Waals surface area contributed by atoms with Crippen LogP contribution in [0.3, 0.4) is 0 Å². The fourth-order valence-corrected chi connectivity index (χ4v) is 4.68. The summed E-state index contributed by atoms with van der Waals surface area (Å²) in [7, 11) is 1.67. The molecule has 186 valence electrons. The largest absolute Gasteiger partial charge is 0.497 e. The molecule has 0 amide bonds. The molecule has 0 bridgehead atoms. The molecule has 0 spiro atoms. The second-order valence-electron chi connectivity index (χ2n) is 8.99. The number of fused-ring (bicyclic) bond motifs is 1. The van der Waals surface area contributed by atoms with Crippen molar-refractivity contribution in [1.82, 2.24) is 9.47 Å². The molecule has 5 rings (SSSR count). The van der Waals surface area contributed by atoms with Gasteiger partial charge in [-0.3, -0.25) is 9.69 Å². The Hall–Kier alpha value is -3.84. The van der Waals surface area contributed by atoms with Crippen LogP contribution in [0.1, 0.15) is 5.56 Å². The first-order chi connectivity index (χ1) is 17.6. The summed E-state index contributed by atoms with van der Waals surface area (Å²) in [5.74, 6) is 1.21. The molecule has 0 radical (unpaired) electrons. The molecular formula is C29H30FN3O3. The number of pyridine rings is 1. The molecule has 7 heteroatoms. The van der Waals surface area contributed by atoms with Gasteiger partial charge in [0.25, 0.3) is 5.56 Å². The van der Waals surface area contributed by atoms with E-state index in [4.69, 9.17) is 9.47 Å². The summed E-state index contributed by atoms with van der Waals surface area (Å²) in [5, 5.41) is 1.04. The molecule has 0 atom stereocenters. The van der Waals surface area contributed by atoms with Gasteiger partial charge in [-0.2, -0.15) is 0 Å². The number of para-hydroxylation sites is 1. The molecule has 0 unspecified atom stereocenters. The van der Waals surface area contributed by atoms with Gasteiger partial charge in [0.05, 0.1) is 19.2 Å². The number of hydrogen-bond acceptors (Lipinski definition) is 5. The van der Waals surface area contributed by atoms with Crippen LogP contribution in [0.5, 0.6) is 11.5 Å². The first-order valence-corrected chi connectivity index (χ1v) is 12.2. The van der Waals surface area contributed by atoms with Crippen LogP contribution in [-0.2, 0) is 6.54 Å². The maximum atomic E-state index is 13.0. The van der Waals surface area contributed by atoms with Crippen LogP contribution in [-0.4, -0.2) is 55.9 Å². The van der Waals surface area contributed by atoms with Gasteiger partial charge in [0.2, 0.25) is 0 Å². The predicted molar refractivity (Wildman–Crippen MR) is 141 cm³/mol. The minimum absolute atomic E-state index is 0.0189. The number of anilines is 1. The van der Waals surface area contributed by atoms with Crippen molar-refractivity contribution in [3.8, 4) is 11.5 Å². The van der Waals surface area contributed by atoms with Crippen molar-refractivity contribution in [2.24, 2.45) is 0 Å². The third-order valence-electron chi connectivity index (χ3n) is 6.65. The number of benzene rings is 3. The van der Waals surface area contributed by atoms with E-state index < -0.39 is 0 Å². The minimum Gasteiger partial charge on any atom is -0.497 e. The maximum Gasteiger partial charge on any atom is 0.251 e. The van der Waals surface area contributed by atoms with E-state index in [9.17, 15) is 9.18 Å². The molecule has 6 nitrogen and oxygen atoms in total. The first-order valence-electron chi connectivity index (χ1n) is 12.2. The normalized spacial score (nSPS) is 14.2. The van der Waals surface area contributed by atoms with E-state index in [2.05, 4.69) is 21.9 Å². The number of aromatic nitrogens is 1. The van der Waals surface area contributed by atoms with Crippen LogP contribution >= 0.6 is 0 Å². The topological polar surface area (TPSA) is 46.9 Å². The second kappa shape index (κ2) is 10.8. The number of methoxy groups -OCH3 is 1. The first kappa shape index (κ1) is 23.9. The van der Waals surface area contributed by atoms with Gasteiger partial charge in [-0.25, -0.2) is 4.39 Å². The molecule has 1 aromatic heterocycles. The van der Waals surface area contributed by atoms with Gasteiger partial charge in [-0.05, 0) is 59.5 Å². The quantitative estimate of drug-likeness (QED) is 0.369. The van der Waals surface area contributed by atoms with Gasteiger partial charge < -0.3 is 18.9 Å². The summed E-state index contributed by atoms with van der Waals surface area (Å²) in [6.07, 6.45) is 0. The minimum atomic E-state index is -0.261. The highest BCUT2D eigenvalue weighted by molar-refractivity contribution is 5.78. The van der Waals surface area contributed by atoms with Crippen molar-refractivity contribution < 1.29 is 13.9 Å². The van der Waals surface area contributed by atoms with Gasteiger partial charge in [-0.1, -0.05) is 18.2 Å². The average Bonchev–Trinajstić information content (AvgIpc) is 2.91. The average molecular weight is 488 g/mol. The SMILES string of the molecule is COc1cc(Cn2c(=O)ccc3ccccc32)cc(N2CCN(CCOc3ccc(F)cc3)CC2)c1. The zero-order chi connectivity index (χ0) is 24.9. The van der Waals surface area contributed by atoms with Crippen molar-refractivity contribution in [3.63, 3.8) is 0 Å². The maximum absolute atomic E-state index is 13.0. The number of ether oxygens (including phenoxy) is 2. The van der Waals surface area contributed by atoms with Crippen LogP contribution in [0.2, 0.25) is 0 Å². The molecule has 3 aromatic carbocycles. The van der Waals surface area contributed by atoms with Crippen molar-refractivity contribution in [1.29, 1.82) is 0 Å². The van der Waals surface area contributed by atoms with Gasteiger partial charge in [0.1, 0.15) is 23.9 Å². The Kier molecular flexibility index (Phi) is 7.18. The van der Waals surface area contributed by atoms with E-state index in [0.717, 1.165) is 60.6 Å². The van der Waals surface area contributed by atoms with Gasteiger partial charge in [-0.15, -0.1) is 0 Å². The number of nitrogens with zero attached hydrogens (tertiary/aromatic N) is 3. The van der Waals surface area contributed by atoms with Gasteiger partial charge in [0.15, 0.2) is 0 Å². The van der Waals surface area contributed by atoms with E-state index in [1.807, 2.05) is 41.0 Å². The molecule has 1 aliphatic heterocycles. The molecule has 36 heavy (non-hydrogen) atoms. The summed E-state index contributed by atoms with van der Waals surface area (Å²) < 4.78 is 26.2. The molecule has 1 aliphatic rings. The molecule has 0 aliphatic carbocycles. The third-order valence-corrected chi connectivity index (χ3v) is 6.65. The van der Waals surface area contributed by atoms with Crippen molar-refractivity contribution in [2.75, 3.05) is 51.3 Å². The lowest BCUT2D eigenvalue weighted by Crippen LogP contribution is -2.47. The Morgan fingerprint density at radius 1 is 0.861 bits per heavy atom. The van der Waals surface area contributed by atoms with E-state index in [1.165, 1.54) is 12.1 Å². The van der Waals surface area contributed by atoms with E-state index >= 15 is 0 Å². The fraction of sp³-hybridized carbons (Fsp3) is 0.276. The van der Waals surface area contributed by atoms with E-state index in [-0.39, 0.29) is 11.4 Å². The standard InChI is InChI=1S/C29H30FN3O3/c1-35-27-19-22(21-33-28-5-3-2-4-23(28)6-11-29(33)34)18-25(20-27)32-14-12-31(13-15-32)16-17-36-26-9-7-24(30)8-10-26/h2-11,18-20H,12-17,21H2,1H3. The van der Waals surface area contributed by atoms with Crippen LogP contribution < -0.4 is 19.9 Å². The number of rotatable bonds is 8. The monoisotopic (exact) mass is 487 g/mol. The summed E-state index contributed by atoms with van der Waals surface area (Å²) in [6, 6.07) is 23.8. The predicted octanol–water partition coefficient (Wildman–Crippen LogP) is 4.40. The number of hydrogen-bond donors (Lipinski definition) is 0. The molecule has 2 heterocycles. The summed E-state index contributed by atoms with van der Waals surface area (Å²) in [6.45, 7) is 5.47. The van der Waals surface area contributed by atoms with Crippen molar-refractivity contribution in [2.45, 2.75) is 6.54 Å². The summed E-state index contributed by atoms with van der Waals surface area (Å²) in [5.41, 5.74) is 3.03. The van der Waals surface area contributed by atoms with Crippen LogP contribution in [0.4, 0.5) is 10.1 Å². The third kappa shape index (κ3) is 5.52. The Bertz CT molecular complexity index is 1380. The molecule has 4 aromatic rings. The summed E-state index contributed by atoms with van der Waals surface area (Å²) in [4.78, 5) is 17.4. The Balaban J connectivity index is 1.24. The van der Waals surface area contributed by atoms with E-state index in [1.54, 1.807) is 25.3 Å². The zero-order valence-electron chi connectivity index (χ0n) is 20.4. The van der Waals surface area contributed by atoms with Crippen LogP contribution in [0, 0.1) is 5.82 Å². The van der Waals surface area contributed by atoms with Crippen LogP contribution in [0.25, 0.3) is 10.9 Å². The highest BCUT2D eigenvalue weighted by Crippen LogP contribution is 2.26. The van der Waals surface area contributed by atoms with Crippen molar-refractivity contribution >= 4 is 16.6 Å². The van der Waals surface area contributed by atoms with Gasteiger partial charge in [0, 0.05) is 50.5 Å². The second-order valence-corrected chi connectivity index (χ2v) is 8.99. The van der Waals surface area contributed by atoms with Crippen LogP contribution in [0.15, 0.2) is 83.7 Å². The lowest BCUT2D eigenvalue weighted by Gasteiger charge is -2.36. The highest BCUT2D eigenvalue weighted by Gasteiger charge is 2.18. The molecule has 1 saturated heterocycles. The van der Waals surface area contributed by atoms with Gasteiger partial charge >= 0.3 is 0 Å². The Morgan fingerprint density at radius 3 is 2.42 bits per heavy atom. The Morgan fingerprint density at radius 2 is 1.64 bits per heavy atom. The highest BCUT2D eigenvalue weighted by atomic mass is 19.1. The molecule has 0 saturated carbocycles. The fourth-order valence-electron chi connectivity index (χ4n) is 4.68. The number of halogens is 1. The smallest absolute Gasteiger partial charge is 0.251 e. The number of piperazine rings is 1. The lowest BCUT2D eigenvalue weighted by atomic mass is 10.1. The molecular weight excluding hydrogens is 457 g/mol. The Labute approximate surface area is 210 Å². The molecule has 1 fully saturated rings. The van der Waals surface area contributed by atoms with Crippen molar-refractivity contribution in [3.05, 3.63) is 101 Å². The van der Waals surface area contributed by atoms with E-state index in [0.29, 0.717) is 18.9 Å². The zero-order valence-corrected chi connectivity index (χ0v) is 20.4. The summed E-state index contributed by atoms with van der Waals surface area (Å²) >= 11 is 0. The molecule has 0 N–H and O–H groups in total. The lowest BCUT2D eigenvalue weighted by molar-refractivity contribution is 0.200.